The van der Waals surface area contributed by atoms with Gasteiger partial charge in [-0.2, -0.15) is 0 Å². The lowest BCUT2D eigenvalue weighted by molar-refractivity contribution is 0.598. The van der Waals surface area contributed by atoms with Gasteiger partial charge < -0.3 is 5.32 Å². The Balaban J connectivity index is 2.17. The largest absolute Gasteiger partial charge is 0.310 e. The van der Waals surface area contributed by atoms with E-state index >= 15 is 0 Å². The molecule has 1 atom stereocenters. The van der Waals surface area contributed by atoms with Crippen molar-refractivity contribution in [2.24, 2.45) is 0 Å². The maximum Gasteiger partial charge on any atom is 0.0464 e. The summed E-state index contributed by atoms with van der Waals surface area (Å²) in [5.74, 6) is 0. The predicted octanol–water partition coefficient (Wildman–Crippen LogP) is 5.47. The lowest BCUT2D eigenvalue weighted by Crippen LogP contribution is -2.17. The molecule has 1 unspecified atom stereocenters. The maximum absolute atomic E-state index is 6.40. The standard InChI is InChI=1S/C17H20ClNS/c1-4-19-13(3)16-9-8-15(11-17(16)18)20-14-7-5-6-12(2)10-14/h5-11,13,19H,4H2,1-3H3. The van der Waals surface area contributed by atoms with Gasteiger partial charge in [-0.25, -0.2) is 0 Å². The van der Waals surface area contributed by atoms with E-state index < -0.39 is 0 Å². The van der Waals surface area contributed by atoms with E-state index in [0.29, 0.717) is 0 Å². The second-order valence-corrected chi connectivity index (χ2v) is 6.44. The molecule has 3 heteroatoms. The summed E-state index contributed by atoms with van der Waals surface area (Å²) in [5.41, 5.74) is 2.43. The van der Waals surface area contributed by atoms with Gasteiger partial charge in [-0.1, -0.05) is 54.0 Å². The Morgan fingerprint density at radius 1 is 1.15 bits per heavy atom. The Hall–Kier alpha value is -0.960. The second-order valence-electron chi connectivity index (χ2n) is 4.88. The van der Waals surface area contributed by atoms with Crippen LogP contribution in [0.15, 0.2) is 52.3 Å². The van der Waals surface area contributed by atoms with Gasteiger partial charge in [0.1, 0.15) is 0 Å². The van der Waals surface area contributed by atoms with Gasteiger partial charge in [0.05, 0.1) is 0 Å². The molecule has 2 aromatic carbocycles. The molecule has 20 heavy (non-hydrogen) atoms. The third kappa shape index (κ3) is 4.02. The molecule has 0 amide bonds. The van der Waals surface area contributed by atoms with Gasteiger partial charge in [-0.05, 0) is 50.2 Å². The van der Waals surface area contributed by atoms with Crippen molar-refractivity contribution in [3.63, 3.8) is 0 Å². The van der Waals surface area contributed by atoms with E-state index in [0.717, 1.165) is 17.1 Å². The molecule has 0 fully saturated rings. The first kappa shape index (κ1) is 15.4. The van der Waals surface area contributed by atoms with Gasteiger partial charge in [0.2, 0.25) is 0 Å². The number of hydrogen-bond donors (Lipinski definition) is 1. The molecule has 2 rings (SSSR count). The van der Waals surface area contributed by atoms with Crippen molar-refractivity contribution in [3.8, 4) is 0 Å². The summed E-state index contributed by atoms with van der Waals surface area (Å²) in [6, 6.07) is 15.1. The molecular formula is C17H20ClNS. The van der Waals surface area contributed by atoms with Crippen LogP contribution in [0.5, 0.6) is 0 Å². The van der Waals surface area contributed by atoms with E-state index in [-0.39, 0.29) is 6.04 Å². The molecule has 0 bridgehead atoms. The van der Waals surface area contributed by atoms with E-state index in [2.05, 4.69) is 68.6 Å². The highest BCUT2D eigenvalue weighted by atomic mass is 35.5. The first-order valence-electron chi connectivity index (χ1n) is 6.87. The van der Waals surface area contributed by atoms with Crippen molar-refractivity contribution >= 4 is 23.4 Å². The Morgan fingerprint density at radius 2 is 1.90 bits per heavy atom. The van der Waals surface area contributed by atoms with Crippen molar-refractivity contribution in [2.45, 2.75) is 36.6 Å². The van der Waals surface area contributed by atoms with Crippen molar-refractivity contribution in [1.82, 2.24) is 5.32 Å². The summed E-state index contributed by atoms with van der Waals surface area (Å²) in [6.07, 6.45) is 0. The van der Waals surface area contributed by atoms with E-state index in [1.54, 1.807) is 11.8 Å². The molecular weight excluding hydrogens is 286 g/mol. The van der Waals surface area contributed by atoms with Crippen LogP contribution in [0.4, 0.5) is 0 Å². The summed E-state index contributed by atoms with van der Waals surface area (Å²) in [5, 5.41) is 4.22. The monoisotopic (exact) mass is 305 g/mol. The van der Waals surface area contributed by atoms with Crippen LogP contribution in [0.3, 0.4) is 0 Å². The highest BCUT2D eigenvalue weighted by Crippen LogP contribution is 2.32. The Labute approximate surface area is 130 Å². The Kier molecular flexibility index (Phi) is 5.53. The van der Waals surface area contributed by atoms with Crippen LogP contribution in [-0.4, -0.2) is 6.54 Å². The normalized spacial score (nSPS) is 12.4. The zero-order chi connectivity index (χ0) is 14.5. The molecule has 0 heterocycles. The van der Waals surface area contributed by atoms with Crippen molar-refractivity contribution in [3.05, 3.63) is 58.6 Å². The van der Waals surface area contributed by atoms with Gasteiger partial charge in [0, 0.05) is 20.9 Å². The number of halogens is 1. The minimum atomic E-state index is 0.283. The van der Waals surface area contributed by atoms with Gasteiger partial charge >= 0.3 is 0 Å². The summed E-state index contributed by atoms with van der Waals surface area (Å²) < 4.78 is 0. The highest BCUT2D eigenvalue weighted by molar-refractivity contribution is 7.99. The van der Waals surface area contributed by atoms with Crippen LogP contribution in [0.25, 0.3) is 0 Å². The fourth-order valence-electron chi connectivity index (χ4n) is 2.15. The van der Waals surface area contributed by atoms with Crippen LogP contribution in [0, 0.1) is 6.92 Å². The number of rotatable bonds is 5. The lowest BCUT2D eigenvalue weighted by atomic mass is 10.1. The summed E-state index contributed by atoms with van der Waals surface area (Å²) in [4.78, 5) is 2.42. The molecule has 1 N–H and O–H groups in total. The van der Waals surface area contributed by atoms with E-state index in [1.807, 2.05) is 0 Å². The molecule has 0 aromatic heterocycles. The van der Waals surface area contributed by atoms with Crippen molar-refractivity contribution < 1.29 is 0 Å². The number of aryl methyl sites for hydroxylation is 1. The molecule has 0 saturated carbocycles. The molecule has 0 spiro atoms. The lowest BCUT2D eigenvalue weighted by Gasteiger charge is -2.15. The first-order chi connectivity index (χ1) is 9.60. The van der Waals surface area contributed by atoms with Crippen LogP contribution in [-0.2, 0) is 0 Å². The first-order valence-corrected chi connectivity index (χ1v) is 8.07. The molecule has 0 saturated heterocycles. The van der Waals surface area contributed by atoms with Crippen LogP contribution >= 0.6 is 23.4 Å². The smallest absolute Gasteiger partial charge is 0.0464 e. The average molecular weight is 306 g/mol. The fourth-order valence-corrected chi connectivity index (χ4v) is 3.54. The highest BCUT2D eigenvalue weighted by Gasteiger charge is 2.09. The minimum absolute atomic E-state index is 0.283. The fraction of sp³-hybridized carbons (Fsp3) is 0.294. The molecule has 0 aliphatic carbocycles. The van der Waals surface area contributed by atoms with Crippen molar-refractivity contribution in [1.29, 1.82) is 0 Å². The molecule has 1 nitrogen and oxygen atoms in total. The van der Waals surface area contributed by atoms with Crippen LogP contribution < -0.4 is 5.32 Å². The topological polar surface area (TPSA) is 12.0 Å². The van der Waals surface area contributed by atoms with Gasteiger partial charge in [-0.15, -0.1) is 0 Å². The number of nitrogens with one attached hydrogen (secondary N) is 1. The quantitative estimate of drug-likeness (QED) is 0.786. The molecule has 106 valence electrons. The van der Waals surface area contributed by atoms with E-state index in [4.69, 9.17) is 11.6 Å². The van der Waals surface area contributed by atoms with E-state index in [1.165, 1.54) is 15.4 Å². The SMILES string of the molecule is CCNC(C)c1ccc(Sc2cccc(C)c2)cc1Cl. The van der Waals surface area contributed by atoms with Crippen LogP contribution in [0.1, 0.15) is 31.0 Å². The minimum Gasteiger partial charge on any atom is -0.310 e. The summed E-state index contributed by atoms with van der Waals surface area (Å²) in [6.45, 7) is 7.29. The molecule has 0 aliphatic rings. The Bertz CT molecular complexity index is 583. The maximum atomic E-state index is 6.40. The number of hydrogen-bond acceptors (Lipinski definition) is 2. The molecule has 0 radical (unpaired) electrons. The second kappa shape index (κ2) is 7.16. The van der Waals surface area contributed by atoms with E-state index in [9.17, 15) is 0 Å². The van der Waals surface area contributed by atoms with Gasteiger partial charge in [0.15, 0.2) is 0 Å². The molecule has 2 aromatic rings. The summed E-state index contributed by atoms with van der Waals surface area (Å²) >= 11 is 8.15. The third-order valence-corrected chi connectivity index (χ3v) is 4.48. The zero-order valence-electron chi connectivity index (χ0n) is 12.1. The van der Waals surface area contributed by atoms with Gasteiger partial charge in [0.25, 0.3) is 0 Å². The Morgan fingerprint density at radius 3 is 2.55 bits per heavy atom. The van der Waals surface area contributed by atoms with Crippen molar-refractivity contribution in [2.75, 3.05) is 6.54 Å². The summed E-state index contributed by atoms with van der Waals surface area (Å²) in [7, 11) is 0. The average Bonchev–Trinajstić information content (AvgIpc) is 2.39. The number of benzene rings is 2. The predicted molar refractivity (Wildman–Crippen MR) is 88.8 cm³/mol. The zero-order valence-corrected chi connectivity index (χ0v) is 13.7. The third-order valence-electron chi connectivity index (χ3n) is 3.17. The molecule has 0 aliphatic heterocycles. The van der Waals surface area contributed by atoms with Crippen LogP contribution in [0.2, 0.25) is 5.02 Å². The van der Waals surface area contributed by atoms with Gasteiger partial charge in [-0.3, -0.25) is 0 Å².